The van der Waals surface area contributed by atoms with Crippen LogP contribution in [-0.2, 0) is 28.5 Å². The number of amides is 1. The molecule has 1 aromatic rings. The summed E-state index contributed by atoms with van der Waals surface area (Å²) in [4.78, 5) is 42.4. The van der Waals surface area contributed by atoms with Crippen molar-refractivity contribution < 1.29 is 42.8 Å². The Hall–Kier alpha value is -3.44. The summed E-state index contributed by atoms with van der Waals surface area (Å²) in [6.45, 7) is 16.8. The van der Waals surface area contributed by atoms with Gasteiger partial charge in [-0.3, -0.25) is 9.59 Å². The van der Waals surface area contributed by atoms with Gasteiger partial charge in [0.25, 0.3) is 5.91 Å². The Morgan fingerprint density at radius 1 is 1.15 bits per heavy atom. The van der Waals surface area contributed by atoms with Gasteiger partial charge >= 0.3 is 11.9 Å². The van der Waals surface area contributed by atoms with Crippen LogP contribution in [0.3, 0.4) is 0 Å². The summed E-state index contributed by atoms with van der Waals surface area (Å²) >= 11 is 0. The van der Waals surface area contributed by atoms with Gasteiger partial charge in [-0.1, -0.05) is 38.2 Å². The molecule has 0 aliphatic carbocycles. The molecule has 1 N–H and O–H groups in total. The lowest BCUT2D eigenvalue weighted by Crippen LogP contribution is -2.46. The maximum absolute atomic E-state index is 13.3. The summed E-state index contributed by atoms with van der Waals surface area (Å²) in [7, 11) is 1.40. The van der Waals surface area contributed by atoms with Gasteiger partial charge in [-0.05, 0) is 40.0 Å². The quantitative estimate of drug-likeness (QED) is 0.215. The molecule has 0 aromatic carbocycles. The number of esters is 2. The first-order chi connectivity index (χ1) is 18.9. The zero-order chi connectivity index (χ0) is 29.8. The Morgan fingerprint density at radius 3 is 2.45 bits per heavy atom. The summed E-state index contributed by atoms with van der Waals surface area (Å²) in [5.41, 5.74) is 1.55. The molecular formula is C29H42N2O9. The Bertz CT molecular complexity index is 1060. The second kappa shape index (κ2) is 16.0. The molecular weight excluding hydrogens is 520 g/mol. The number of carbonyl (C=O) groups is 3. The van der Waals surface area contributed by atoms with E-state index in [9.17, 15) is 14.4 Å². The SMILES string of the molecule is C=C(C)CO[C@H]1[C@H](C)OC(=O)[C@@H](NC(=O)c2nccc(OC)c2OCOC(=O)C(C)C)CCC[C@@H]1OCC(=C)C. The van der Waals surface area contributed by atoms with Crippen molar-refractivity contribution in [1.29, 1.82) is 0 Å². The van der Waals surface area contributed by atoms with E-state index in [1.54, 1.807) is 20.8 Å². The van der Waals surface area contributed by atoms with Crippen LogP contribution in [0.4, 0.5) is 0 Å². The van der Waals surface area contributed by atoms with Gasteiger partial charge in [0.15, 0.2) is 17.2 Å². The highest BCUT2D eigenvalue weighted by Gasteiger charge is 2.36. The van der Waals surface area contributed by atoms with Gasteiger partial charge in [0.2, 0.25) is 6.79 Å². The Balaban J connectivity index is 2.21. The zero-order valence-corrected chi connectivity index (χ0v) is 24.3. The minimum atomic E-state index is -0.962. The third-order valence-electron chi connectivity index (χ3n) is 5.95. The standard InChI is InChI=1S/C29H42N2O9/c1-17(2)14-36-23-11-9-10-21(29(34)40-20(7)25(23)37-15-18(3)4)31-27(32)24-26(22(35-8)12-13-30-24)38-16-39-28(33)19(5)6/h12-13,19-21,23,25H,1,3,9-11,14-16H2,2,4-8H3,(H,31,32)/t20-,21-,23-,25-/m0/s1. The lowest BCUT2D eigenvalue weighted by atomic mass is 10.0. The smallest absolute Gasteiger partial charge is 0.329 e. The van der Waals surface area contributed by atoms with Crippen molar-refractivity contribution in [3.8, 4) is 11.5 Å². The van der Waals surface area contributed by atoms with Gasteiger partial charge in [0.05, 0.1) is 32.3 Å². The number of nitrogens with zero attached hydrogens (tertiary/aromatic N) is 1. The van der Waals surface area contributed by atoms with Gasteiger partial charge in [-0.2, -0.15) is 0 Å². The van der Waals surface area contributed by atoms with Crippen LogP contribution in [0.15, 0.2) is 36.6 Å². The highest BCUT2D eigenvalue weighted by molar-refractivity contribution is 5.98. The van der Waals surface area contributed by atoms with E-state index in [4.69, 9.17) is 28.4 Å². The first-order valence-electron chi connectivity index (χ1n) is 13.3. The Morgan fingerprint density at radius 2 is 1.82 bits per heavy atom. The van der Waals surface area contributed by atoms with E-state index in [-0.39, 0.29) is 35.8 Å². The summed E-state index contributed by atoms with van der Waals surface area (Å²) in [5, 5.41) is 2.71. The molecule has 0 saturated carbocycles. The molecule has 1 fully saturated rings. The fourth-order valence-corrected chi connectivity index (χ4v) is 3.91. The van der Waals surface area contributed by atoms with E-state index in [2.05, 4.69) is 23.5 Å². The molecule has 2 heterocycles. The van der Waals surface area contributed by atoms with E-state index < -0.39 is 42.9 Å². The number of carbonyl (C=O) groups excluding carboxylic acids is 3. The topological polar surface area (TPSA) is 132 Å². The van der Waals surface area contributed by atoms with Crippen molar-refractivity contribution in [2.45, 2.75) is 78.2 Å². The van der Waals surface area contributed by atoms with Crippen LogP contribution in [0, 0.1) is 5.92 Å². The van der Waals surface area contributed by atoms with Crippen LogP contribution in [0.1, 0.15) is 64.4 Å². The lowest BCUT2D eigenvalue weighted by molar-refractivity contribution is -0.166. The Labute approximate surface area is 236 Å². The van der Waals surface area contributed by atoms with Gasteiger partial charge in [0.1, 0.15) is 18.2 Å². The van der Waals surface area contributed by atoms with Gasteiger partial charge in [-0.25, -0.2) is 9.78 Å². The third-order valence-corrected chi connectivity index (χ3v) is 5.95. The number of hydrogen-bond acceptors (Lipinski definition) is 10. The molecule has 1 amide bonds. The zero-order valence-electron chi connectivity index (χ0n) is 24.3. The average molecular weight is 563 g/mol. The molecule has 0 spiro atoms. The fourth-order valence-electron chi connectivity index (χ4n) is 3.91. The van der Waals surface area contributed by atoms with E-state index in [1.807, 2.05) is 13.8 Å². The molecule has 40 heavy (non-hydrogen) atoms. The largest absolute Gasteiger partial charge is 0.493 e. The molecule has 2 rings (SSSR count). The van der Waals surface area contributed by atoms with Crippen molar-refractivity contribution in [3.05, 3.63) is 42.3 Å². The number of cyclic esters (lactones) is 1. The van der Waals surface area contributed by atoms with Crippen LogP contribution in [0.2, 0.25) is 0 Å². The van der Waals surface area contributed by atoms with Gasteiger partial charge in [0, 0.05) is 12.3 Å². The number of aromatic nitrogens is 1. The molecule has 1 saturated heterocycles. The third kappa shape index (κ3) is 9.95. The summed E-state index contributed by atoms with van der Waals surface area (Å²) in [6, 6.07) is 0.541. The van der Waals surface area contributed by atoms with Gasteiger partial charge < -0.3 is 33.7 Å². The summed E-state index contributed by atoms with van der Waals surface area (Å²) < 4.78 is 33.8. The highest BCUT2D eigenvalue weighted by Crippen LogP contribution is 2.30. The van der Waals surface area contributed by atoms with Crippen LogP contribution in [0.5, 0.6) is 11.5 Å². The molecule has 1 aliphatic heterocycles. The number of nitrogens with one attached hydrogen (secondary N) is 1. The number of methoxy groups -OCH3 is 1. The average Bonchev–Trinajstić information content (AvgIpc) is 2.94. The predicted octanol–water partition coefficient (Wildman–Crippen LogP) is 3.76. The van der Waals surface area contributed by atoms with Crippen molar-refractivity contribution in [2.24, 2.45) is 5.92 Å². The van der Waals surface area contributed by atoms with Crippen molar-refractivity contribution in [2.75, 3.05) is 27.1 Å². The van der Waals surface area contributed by atoms with E-state index in [0.717, 1.165) is 11.1 Å². The number of pyridine rings is 1. The predicted molar refractivity (Wildman–Crippen MR) is 147 cm³/mol. The number of rotatable bonds is 13. The minimum absolute atomic E-state index is 0.0228. The second-order valence-electron chi connectivity index (χ2n) is 10.2. The minimum Gasteiger partial charge on any atom is -0.493 e. The van der Waals surface area contributed by atoms with E-state index in [1.165, 1.54) is 19.4 Å². The van der Waals surface area contributed by atoms with Crippen LogP contribution in [-0.4, -0.2) is 74.3 Å². The second-order valence-corrected chi connectivity index (χ2v) is 10.2. The molecule has 0 bridgehead atoms. The first kappa shape index (κ1) is 32.8. The number of ether oxygens (including phenoxy) is 6. The van der Waals surface area contributed by atoms with Crippen LogP contribution >= 0.6 is 0 Å². The lowest BCUT2D eigenvalue weighted by Gasteiger charge is -2.31. The fraction of sp³-hybridized carbons (Fsp3) is 0.586. The normalized spacial score (nSPS) is 21.3. The van der Waals surface area contributed by atoms with Crippen LogP contribution < -0.4 is 14.8 Å². The van der Waals surface area contributed by atoms with E-state index in [0.29, 0.717) is 25.9 Å². The molecule has 11 nitrogen and oxygen atoms in total. The van der Waals surface area contributed by atoms with E-state index >= 15 is 0 Å². The van der Waals surface area contributed by atoms with Crippen molar-refractivity contribution in [1.82, 2.24) is 10.3 Å². The Kier molecular flexibility index (Phi) is 13.1. The molecule has 1 aliphatic rings. The molecule has 0 radical (unpaired) electrons. The van der Waals surface area contributed by atoms with Gasteiger partial charge in [-0.15, -0.1) is 0 Å². The first-order valence-corrected chi connectivity index (χ1v) is 13.3. The maximum Gasteiger partial charge on any atom is 0.329 e. The summed E-state index contributed by atoms with van der Waals surface area (Å²) in [5.74, 6) is -1.92. The molecule has 0 unspecified atom stereocenters. The van der Waals surface area contributed by atoms with Crippen molar-refractivity contribution >= 4 is 17.8 Å². The monoisotopic (exact) mass is 562 g/mol. The molecule has 222 valence electrons. The van der Waals surface area contributed by atoms with Crippen LogP contribution in [0.25, 0.3) is 0 Å². The molecule has 11 heteroatoms. The maximum atomic E-state index is 13.3. The highest BCUT2D eigenvalue weighted by atomic mass is 16.7. The van der Waals surface area contributed by atoms with Crippen molar-refractivity contribution in [3.63, 3.8) is 0 Å². The molecule has 1 aromatic heterocycles. The molecule has 4 atom stereocenters. The summed E-state index contributed by atoms with van der Waals surface area (Å²) in [6.07, 6.45) is 1.21. The number of hydrogen-bond donors (Lipinski definition) is 1.